The van der Waals surface area contributed by atoms with Crippen molar-refractivity contribution in [2.45, 2.75) is 0 Å². The van der Waals surface area contributed by atoms with Gasteiger partial charge in [-0.2, -0.15) is 5.10 Å². The fourth-order valence-electron chi connectivity index (χ4n) is 16.1. The standard InChI is InChI=1S/C93H57N7O2/c1-3-13-56(14-4-1)63-30-31-73-65(44-63)28-29-67-54-99(42-38-74(67)73)84-35-34-77-81-48-70(100-55-83(60-36-40-94-41-37-60)82(53-98-100)57-15-5-2-6-16-57)49-86-88(81)89-76(33-32-75(91(89)101-86)59-26-24-58(25-27-59)71-21-9-10-22-72(71)66-20-12-39-95-50-66)80-46-68(47-85-87(80)90(77)92(84)102-85)69-51-96-93(97-52-69)78-23-11-19-64-43-61-17-7-8-18-62(61)45-79(64)78/h1-41,43-54H,42,55H2. The minimum Gasteiger partial charge on any atom is -0.455 e. The number of hydrogen-bond donors (Lipinski definition) is 0. The van der Waals surface area contributed by atoms with Crippen LogP contribution in [0.2, 0.25) is 0 Å². The third-order valence-electron chi connectivity index (χ3n) is 21.0. The minimum absolute atomic E-state index is 0.495. The molecule has 0 bridgehead atoms. The van der Waals surface area contributed by atoms with Gasteiger partial charge in [-0.3, -0.25) is 15.0 Å². The Morgan fingerprint density at radius 2 is 1.00 bits per heavy atom. The quantitative estimate of drug-likeness (QED) is 0.125. The van der Waals surface area contributed by atoms with Gasteiger partial charge in [-0.15, -0.1) is 0 Å². The molecule has 476 valence electrons. The Balaban J connectivity index is 0.796. The number of hydrogen-bond acceptors (Lipinski definition) is 9. The van der Waals surface area contributed by atoms with Crippen LogP contribution in [-0.2, 0) is 0 Å². The van der Waals surface area contributed by atoms with Gasteiger partial charge in [-0.25, -0.2) is 9.97 Å². The van der Waals surface area contributed by atoms with Gasteiger partial charge in [0.15, 0.2) is 11.4 Å². The Bertz CT molecular complexity index is 6850. The number of rotatable bonds is 10. The van der Waals surface area contributed by atoms with E-state index in [4.69, 9.17) is 23.9 Å². The largest absolute Gasteiger partial charge is 0.455 e. The van der Waals surface area contributed by atoms with Crippen molar-refractivity contribution in [3.8, 4) is 67.0 Å². The molecule has 14 aromatic carbocycles. The lowest BCUT2D eigenvalue weighted by Crippen LogP contribution is -2.35. The smallest absolute Gasteiger partial charge is 0.159 e. The molecule has 9 heteroatoms. The number of fused-ring (bicyclic) bond motifs is 7. The number of allylic oxidation sites excluding steroid dienone is 1. The van der Waals surface area contributed by atoms with E-state index < -0.39 is 0 Å². The van der Waals surface area contributed by atoms with E-state index in [2.05, 4.69) is 293 Å². The molecule has 0 spiro atoms. The molecule has 2 aliphatic heterocycles. The average molecular weight is 1300 g/mol. The van der Waals surface area contributed by atoms with Gasteiger partial charge in [-0.1, -0.05) is 200 Å². The Labute approximate surface area is 584 Å². The molecule has 0 saturated heterocycles. The van der Waals surface area contributed by atoms with Crippen LogP contribution in [0.25, 0.3) is 188 Å². The van der Waals surface area contributed by atoms with Crippen LogP contribution in [0.15, 0.2) is 318 Å². The summed E-state index contributed by atoms with van der Waals surface area (Å²) in [6, 6.07) is 95.7. The molecule has 5 aromatic heterocycles. The highest BCUT2D eigenvalue weighted by Crippen LogP contribution is 2.52. The topological polar surface area (TPSA) is 96.7 Å². The van der Waals surface area contributed by atoms with Crippen LogP contribution in [0.3, 0.4) is 0 Å². The summed E-state index contributed by atoms with van der Waals surface area (Å²) in [4.78, 5) is 21.6. The molecule has 19 aromatic rings. The lowest BCUT2D eigenvalue weighted by atomic mass is 9.90. The molecule has 0 fully saturated rings. The number of pyridine rings is 2. The molecule has 2 aliphatic rings. The van der Waals surface area contributed by atoms with Crippen molar-refractivity contribution in [3.05, 3.63) is 326 Å². The molecule has 0 aliphatic carbocycles. The first-order valence-corrected chi connectivity index (χ1v) is 34.5. The summed E-state index contributed by atoms with van der Waals surface area (Å²) in [6.07, 6.45) is 18.1. The van der Waals surface area contributed by atoms with Crippen LogP contribution in [-0.4, -0.2) is 39.2 Å². The lowest BCUT2D eigenvalue weighted by Gasteiger charge is -2.27. The molecular weight excluding hydrogens is 1250 g/mol. The zero-order valence-electron chi connectivity index (χ0n) is 55.0. The highest BCUT2D eigenvalue weighted by atomic mass is 16.3. The molecule has 0 atom stereocenters. The van der Waals surface area contributed by atoms with Crippen molar-refractivity contribution in [1.82, 2.24) is 19.9 Å². The van der Waals surface area contributed by atoms with E-state index in [9.17, 15) is 0 Å². The fourth-order valence-corrected chi connectivity index (χ4v) is 16.1. The minimum atomic E-state index is 0.495. The molecule has 9 nitrogen and oxygen atoms in total. The first kappa shape index (κ1) is 57.4. The Morgan fingerprint density at radius 3 is 1.79 bits per heavy atom. The normalized spacial score (nSPS) is 13.3. The monoisotopic (exact) mass is 1300 g/mol. The second-order valence-electron chi connectivity index (χ2n) is 26.7. The number of hydrazone groups is 1. The van der Waals surface area contributed by atoms with Gasteiger partial charge in [0.05, 0.1) is 24.1 Å². The van der Waals surface area contributed by atoms with Gasteiger partial charge < -0.3 is 13.7 Å². The third kappa shape index (κ3) is 9.29. The van der Waals surface area contributed by atoms with Crippen LogP contribution >= 0.6 is 0 Å². The van der Waals surface area contributed by atoms with E-state index in [1.807, 2.05) is 49.5 Å². The van der Waals surface area contributed by atoms with Crippen molar-refractivity contribution in [2.75, 3.05) is 23.0 Å². The van der Waals surface area contributed by atoms with Crippen LogP contribution < -0.4 is 20.3 Å². The van der Waals surface area contributed by atoms with Gasteiger partial charge in [0, 0.05) is 105 Å². The Hall–Kier alpha value is -13.6. The SMILES string of the molecule is C1=NN(c2cc3oc4c(-c5ccc(-c6ccccc6-c6cccnc6)cc5)ccc5c6cc(-c7cnc(-c8cccc9cc%10ccccc%10cc89)nc7)cc7oc8c(N9C=c%10ccc%11cc(-c%12ccccc%12)ccc%11c%10=CC9)ccc(c(c2)c3c45)c8c76)CC(c2ccncc2)=C1c1ccccc1. The molecule has 0 saturated carbocycles. The van der Waals surface area contributed by atoms with E-state index >= 15 is 0 Å². The zero-order chi connectivity index (χ0) is 66.9. The molecular formula is C93H57N7O2. The summed E-state index contributed by atoms with van der Waals surface area (Å²) in [5, 5.41) is 25.0. The highest BCUT2D eigenvalue weighted by Gasteiger charge is 2.29. The van der Waals surface area contributed by atoms with Gasteiger partial charge in [0.25, 0.3) is 0 Å². The van der Waals surface area contributed by atoms with Crippen LogP contribution in [0.5, 0.6) is 0 Å². The van der Waals surface area contributed by atoms with Crippen molar-refractivity contribution in [1.29, 1.82) is 0 Å². The van der Waals surface area contributed by atoms with E-state index in [0.29, 0.717) is 18.9 Å². The van der Waals surface area contributed by atoms with Gasteiger partial charge in [0.2, 0.25) is 0 Å². The first-order valence-electron chi connectivity index (χ1n) is 34.5. The van der Waals surface area contributed by atoms with Gasteiger partial charge in [-0.05, 0) is 187 Å². The molecule has 0 unspecified atom stereocenters. The summed E-state index contributed by atoms with van der Waals surface area (Å²) in [6.45, 7) is 1.12. The van der Waals surface area contributed by atoms with Crippen molar-refractivity contribution < 1.29 is 8.83 Å². The van der Waals surface area contributed by atoms with E-state index in [1.165, 1.54) is 37.9 Å². The van der Waals surface area contributed by atoms with Gasteiger partial charge in [0.1, 0.15) is 16.7 Å². The Kier molecular flexibility index (Phi) is 12.9. The maximum Gasteiger partial charge on any atom is 0.159 e. The summed E-state index contributed by atoms with van der Waals surface area (Å²) in [7, 11) is 0. The summed E-state index contributed by atoms with van der Waals surface area (Å²) in [5.41, 5.74) is 20.9. The van der Waals surface area contributed by atoms with Crippen molar-refractivity contribution in [2.24, 2.45) is 5.10 Å². The lowest BCUT2D eigenvalue weighted by molar-refractivity contribution is 0.669. The maximum atomic E-state index is 7.62. The summed E-state index contributed by atoms with van der Waals surface area (Å²) in [5.74, 6) is 0.658. The van der Waals surface area contributed by atoms with E-state index in [1.54, 1.807) is 0 Å². The number of furan rings is 2. The van der Waals surface area contributed by atoms with E-state index in [0.717, 1.165) is 165 Å². The van der Waals surface area contributed by atoms with Crippen LogP contribution in [0.1, 0.15) is 11.1 Å². The number of benzene rings is 13. The van der Waals surface area contributed by atoms with E-state index in [-0.39, 0.29) is 0 Å². The maximum absolute atomic E-state index is 7.62. The second-order valence-corrected chi connectivity index (χ2v) is 26.7. The predicted octanol–water partition coefficient (Wildman–Crippen LogP) is 21.7. The van der Waals surface area contributed by atoms with Crippen LogP contribution in [0, 0.1) is 0 Å². The van der Waals surface area contributed by atoms with Crippen LogP contribution in [0.4, 0.5) is 11.4 Å². The fraction of sp³-hybridized carbons (Fsp3) is 0.0215. The summed E-state index contributed by atoms with van der Waals surface area (Å²) >= 11 is 0. The number of anilines is 2. The number of aromatic nitrogens is 4. The molecule has 0 N–H and O–H groups in total. The molecule has 0 amide bonds. The Morgan fingerprint density at radius 1 is 0.353 bits per heavy atom. The van der Waals surface area contributed by atoms with Crippen molar-refractivity contribution >= 4 is 139 Å². The van der Waals surface area contributed by atoms with Crippen molar-refractivity contribution in [3.63, 3.8) is 0 Å². The predicted molar refractivity (Wildman–Crippen MR) is 421 cm³/mol. The third-order valence-corrected chi connectivity index (χ3v) is 21.0. The first-order chi connectivity index (χ1) is 50.5. The highest BCUT2D eigenvalue weighted by molar-refractivity contribution is 6.38. The molecule has 0 radical (unpaired) electrons. The number of nitrogens with zero attached hydrogens (tertiary/aromatic N) is 7. The van der Waals surface area contributed by atoms with Gasteiger partial charge >= 0.3 is 0 Å². The molecule has 102 heavy (non-hydrogen) atoms. The zero-order valence-corrected chi connectivity index (χ0v) is 55.0. The average Bonchev–Trinajstić information content (AvgIpc) is 1.52. The summed E-state index contributed by atoms with van der Waals surface area (Å²) < 4.78 is 15.2. The molecule has 21 rings (SSSR count). The molecule has 7 heterocycles. The second kappa shape index (κ2) is 23.0.